The minimum absolute atomic E-state index is 0.351. The van der Waals surface area contributed by atoms with Gasteiger partial charge >= 0.3 is 6.09 Å². The molecule has 1 aliphatic carbocycles. The molecule has 0 bridgehead atoms. The maximum atomic E-state index is 10.9. The molecule has 0 aromatic carbocycles. The molecule has 2 rings (SSSR count). The number of cyclic esters (lactones) is 1. The Morgan fingerprint density at radius 2 is 2.15 bits per heavy atom. The molecule has 0 spiro atoms. The number of carbonyl (C=O) groups is 1. The van der Waals surface area contributed by atoms with Gasteiger partial charge in [-0.3, -0.25) is 0 Å². The first-order chi connectivity index (χ1) is 6.13. The van der Waals surface area contributed by atoms with Crippen LogP contribution in [0.4, 0.5) is 4.79 Å². The lowest BCUT2D eigenvalue weighted by molar-refractivity contribution is 0.0515. The summed E-state index contributed by atoms with van der Waals surface area (Å²) < 4.78 is 5.18. The third-order valence-electron chi connectivity index (χ3n) is 3.15. The minimum atomic E-state index is -0.617. The molecule has 1 fully saturated rings. The van der Waals surface area contributed by atoms with Crippen molar-refractivity contribution in [1.29, 1.82) is 0 Å². The number of aliphatic imine (C=N–C) groups is 1. The number of amidine groups is 1. The molecule has 0 aromatic heterocycles. The third kappa shape index (κ3) is 1.20. The molecule has 1 aliphatic heterocycles. The minimum Gasteiger partial charge on any atom is -0.433 e. The Kier molecular flexibility index (Phi) is 1.78. The van der Waals surface area contributed by atoms with E-state index < -0.39 is 11.7 Å². The van der Waals surface area contributed by atoms with Gasteiger partial charge in [0, 0.05) is 5.92 Å². The topological polar surface area (TPSA) is 64.7 Å². The van der Waals surface area contributed by atoms with E-state index >= 15 is 0 Å². The Bertz CT molecular complexity index is 269. The number of ether oxygens (including phenoxy) is 1. The molecule has 2 aliphatic rings. The second kappa shape index (κ2) is 2.72. The van der Waals surface area contributed by atoms with E-state index in [0.29, 0.717) is 11.8 Å². The second-order valence-electron chi connectivity index (χ2n) is 3.95. The van der Waals surface area contributed by atoms with Gasteiger partial charge in [0.25, 0.3) is 0 Å². The molecule has 2 N–H and O–H groups in total. The van der Waals surface area contributed by atoms with Crippen molar-refractivity contribution in [2.45, 2.75) is 38.2 Å². The summed E-state index contributed by atoms with van der Waals surface area (Å²) in [6.07, 6.45) is 4.03. The van der Waals surface area contributed by atoms with E-state index in [1.807, 2.05) is 6.92 Å². The average Bonchev–Trinajstić information content (AvgIpc) is 2.61. The van der Waals surface area contributed by atoms with E-state index in [2.05, 4.69) is 4.99 Å². The summed E-state index contributed by atoms with van der Waals surface area (Å²) in [5.41, 5.74) is 5.07. The van der Waals surface area contributed by atoms with Gasteiger partial charge in [-0.25, -0.2) is 4.79 Å². The molecule has 1 saturated carbocycles. The van der Waals surface area contributed by atoms with Gasteiger partial charge in [0.2, 0.25) is 0 Å². The number of carbonyl (C=O) groups excluding carboxylic acids is 1. The fraction of sp³-hybridized carbons (Fsp3) is 0.778. The van der Waals surface area contributed by atoms with E-state index in [4.69, 9.17) is 10.5 Å². The van der Waals surface area contributed by atoms with Crippen LogP contribution in [0.5, 0.6) is 0 Å². The quantitative estimate of drug-likeness (QED) is 0.667. The van der Waals surface area contributed by atoms with Crippen molar-refractivity contribution in [3.05, 3.63) is 0 Å². The van der Waals surface area contributed by atoms with Crippen LogP contribution < -0.4 is 5.73 Å². The van der Waals surface area contributed by atoms with Gasteiger partial charge in [-0.2, -0.15) is 4.99 Å². The van der Waals surface area contributed by atoms with Gasteiger partial charge in [0.05, 0.1) is 0 Å². The largest absolute Gasteiger partial charge is 0.436 e. The molecule has 4 heteroatoms. The zero-order valence-electron chi connectivity index (χ0n) is 7.75. The van der Waals surface area contributed by atoms with Crippen LogP contribution in [-0.4, -0.2) is 17.5 Å². The summed E-state index contributed by atoms with van der Waals surface area (Å²) in [5.74, 6) is 0.715. The van der Waals surface area contributed by atoms with E-state index in [0.717, 1.165) is 12.8 Å². The smallest absolute Gasteiger partial charge is 0.433 e. The molecule has 0 aromatic rings. The maximum absolute atomic E-state index is 10.9. The van der Waals surface area contributed by atoms with Crippen molar-refractivity contribution in [1.82, 2.24) is 0 Å². The zero-order chi connectivity index (χ0) is 9.47. The summed E-state index contributed by atoms with van der Waals surface area (Å²) >= 11 is 0. The van der Waals surface area contributed by atoms with Crippen LogP contribution in [0.2, 0.25) is 0 Å². The van der Waals surface area contributed by atoms with Gasteiger partial charge < -0.3 is 10.5 Å². The maximum Gasteiger partial charge on any atom is 0.436 e. The Hall–Kier alpha value is -1.06. The lowest BCUT2D eigenvalue weighted by atomic mass is 9.87. The summed E-state index contributed by atoms with van der Waals surface area (Å²) in [4.78, 5) is 14.6. The highest BCUT2D eigenvalue weighted by molar-refractivity contribution is 6.01. The normalized spacial score (nSPS) is 34.8. The number of amides is 1. The summed E-state index contributed by atoms with van der Waals surface area (Å²) in [5, 5.41) is 0. The third-order valence-corrected chi connectivity index (χ3v) is 3.15. The molecule has 4 nitrogen and oxygen atoms in total. The lowest BCUT2D eigenvalue weighted by Gasteiger charge is -2.28. The van der Waals surface area contributed by atoms with Crippen LogP contribution in [0.15, 0.2) is 4.99 Å². The predicted octanol–water partition coefficient (Wildman–Crippen LogP) is 1.44. The molecular formula is C9H14N2O2. The monoisotopic (exact) mass is 182 g/mol. The standard InChI is InChI=1S/C9H14N2O2/c1-9(6-4-2-3-5-6)7(10)11-8(12)13-9/h6H,2-5H2,1H3,(H2,10,11,12). The number of hydrogen-bond acceptors (Lipinski definition) is 3. The first-order valence-corrected chi connectivity index (χ1v) is 4.70. The molecule has 1 unspecified atom stereocenters. The van der Waals surface area contributed by atoms with E-state index in [9.17, 15) is 4.79 Å². The van der Waals surface area contributed by atoms with Gasteiger partial charge in [-0.05, 0) is 19.8 Å². The first kappa shape index (κ1) is 8.53. The first-order valence-electron chi connectivity index (χ1n) is 4.70. The van der Waals surface area contributed by atoms with Crippen LogP contribution in [0, 0.1) is 5.92 Å². The summed E-state index contributed by atoms with van der Waals surface area (Å²) in [7, 11) is 0. The van der Waals surface area contributed by atoms with E-state index in [1.165, 1.54) is 12.8 Å². The van der Waals surface area contributed by atoms with Gasteiger partial charge in [0.15, 0.2) is 11.4 Å². The lowest BCUT2D eigenvalue weighted by Crippen LogP contribution is -2.45. The van der Waals surface area contributed by atoms with E-state index in [1.54, 1.807) is 0 Å². The summed E-state index contributed by atoms with van der Waals surface area (Å²) in [6, 6.07) is 0. The SMILES string of the molecule is CC1(C2CCCC2)OC(=O)N=C1N. The number of hydrogen-bond donors (Lipinski definition) is 1. The Balaban J connectivity index is 2.20. The van der Waals surface area contributed by atoms with Gasteiger partial charge in [-0.1, -0.05) is 12.8 Å². The Labute approximate surface area is 77.2 Å². The molecule has 1 heterocycles. The average molecular weight is 182 g/mol. The fourth-order valence-electron chi connectivity index (χ4n) is 2.23. The Morgan fingerprint density at radius 1 is 1.54 bits per heavy atom. The van der Waals surface area contributed by atoms with Crippen molar-refractivity contribution in [3.8, 4) is 0 Å². The highest BCUT2D eigenvalue weighted by Gasteiger charge is 2.46. The Morgan fingerprint density at radius 3 is 2.62 bits per heavy atom. The van der Waals surface area contributed by atoms with Crippen LogP contribution >= 0.6 is 0 Å². The molecule has 1 amide bonds. The van der Waals surface area contributed by atoms with Gasteiger partial charge in [0.1, 0.15) is 0 Å². The highest BCUT2D eigenvalue weighted by Crippen LogP contribution is 2.38. The molecule has 0 saturated heterocycles. The predicted molar refractivity (Wildman–Crippen MR) is 48.5 cm³/mol. The van der Waals surface area contributed by atoms with Crippen LogP contribution in [0.3, 0.4) is 0 Å². The van der Waals surface area contributed by atoms with Crippen LogP contribution in [0.1, 0.15) is 32.6 Å². The zero-order valence-corrected chi connectivity index (χ0v) is 7.75. The van der Waals surface area contributed by atoms with Crippen molar-refractivity contribution in [2.24, 2.45) is 16.6 Å². The van der Waals surface area contributed by atoms with Crippen LogP contribution in [0.25, 0.3) is 0 Å². The molecule has 0 radical (unpaired) electrons. The molecule has 1 atom stereocenters. The number of nitrogens with two attached hydrogens (primary N) is 1. The fourth-order valence-corrected chi connectivity index (χ4v) is 2.23. The van der Waals surface area contributed by atoms with E-state index in [-0.39, 0.29) is 0 Å². The van der Waals surface area contributed by atoms with Crippen molar-refractivity contribution < 1.29 is 9.53 Å². The summed E-state index contributed by atoms with van der Waals surface area (Å²) in [6.45, 7) is 1.87. The molecular weight excluding hydrogens is 168 g/mol. The molecule has 72 valence electrons. The molecule has 13 heavy (non-hydrogen) atoms. The van der Waals surface area contributed by atoms with Crippen molar-refractivity contribution in [3.63, 3.8) is 0 Å². The van der Waals surface area contributed by atoms with Crippen molar-refractivity contribution >= 4 is 11.9 Å². The van der Waals surface area contributed by atoms with Gasteiger partial charge in [-0.15, -0.1) is 0 Å². The van der Waals surface area contributed by atoms with Crippen molar-refractivity contribution in [2.75, 3.05) is 0 Å². The second-order valence-corrected chi connectivity index (χ2v) is 3.95. The number of rotatable bonds is 1. The number of nitrogens with zero attached hydrogens (tertiary/aromatic N) is 1. The highest BCUT2D eigenvalue weighted by atomic mass is 16.6. The van der Waals surface area contributed by atoms with Crippen LogP contribution in [-0.2, 0) is 4.74 Å².